The fraction of sp³-hybridized carbons (Fsp3) is 0.458. The van der Waals surface area contributed by atoms with Gasteiger partial charge in [-0.3, -0.25) is 4.79 Å². The van der Waals surface area contributed by atoms with Crippen molar-refractivity contribution >= 4 is 28.9 Å². The van der Waals surface area contributed by atoms with E-state index in [0.717, 1.165) is 18.8 Å². The van der Waals surface area contributed by atoms with Gasteiger partial charge in [0.25, 0.3) is 5.91 Å². The third kappa shape index (κ3) is 5.46. The third-order valence-corrected chi connectivity index (χ3v) is 6.15. The predicted molar refractivity (Wildman–Crippen MR) is 121 cm³/mol. The lowest BCUT2D eigenvalue weighted by atomic mass is 9.84. The average Bonchev–Trinajstić information content (AvgIpc) is 2.79. The Morgan fingerprint density at radius 3 is 2.53 bits per heavy atom. The molecule has 0 aromatic heterocycles. The molecule has 6 heteroatoms. The summed E-state index contributed by atoms with van der Waals surface area (Å²) in [5.74, 6) is 1.17. The average molecular weight is 429 g/mol. The maximum Gasteiger partial charge on any atom is 0.262 e. The van der Waals surface area contributed by atoms with Gasteiger partial charge in [0.05, 0.1) is 24.6 Å². The lowest BCUT2D eigenvalue weighted by Gasteiger charge is -2.30. The van der Waals surface area contributed by atoms with Gasteiger partial charge in [-0.1, -0.05) is 43.0 Å². The summed E-state index contributed by atoms with van der Waals surface area (Å²) in [7, 11) is 0. The van der Waals surface area contributed by atoms with E-state index in [2.05, 4.69) is 22.3 Å². The molecule has 2 aliphatic rings. The van der Waals surface area contributed by atoms with Crippen molar-refractivity contribution in [1.82, 2.24) is 0 Å². The number of rotatable bonds is 6. The number of carbonyl (C=O) groups excluding carboxylic acids is 1. The molecule has 0 radical (unpaired) electrons. The number of morpholine rings is 1. The summed E-state index contributed by atoms with van der Waals surface area (Å²) < 4.78 is 11.1. The Labute approximate surface area is 183 Å². The second-order valence-corrected chi connectivity index (χ2v) is 8.44. The van der Waals surface area contributed by atoms with Crippen molar-refractivity contribution in [2.45, 2.75) is 38.0 Å². The van der Waals surface area contributed by atoms with Gasteiger partial charge in [0.1, 0.15) is 5.75 Å². The van der Waals surface area contributed by atoms with Crippen LogP contribution in [0, 0.1) is 0 Å². The van der Waals surface area contributed by atoms with Gasteiger partial charge in [0, 0.05) is 18.1 Å². The Hall–Kier alpha value is -2.24. The zero-order valence-corrected chi connectivity index (χ0v) is 18.0. The van der Waals surface area contributed by atoms with Crippen molar-refractivity contribution in [1.29, 1.82) is 0 Å². The zero-order valence-electron chi connectivity index (χ0n) is 17.2. The second-order valence-electron chi connectivity index (χ2n) is 8.00. The second kappa shape index (κ2) is 10.2. The quantitative estimate of drug-likeness (QED) is 0.683. The molecule has 160 valence electrons. The minimum absolute atomic E-state index is 0.0438. The molecule has 1 saturated heterocycles. The molecule has 1 aliphatic heterocycles. The van der Waals surface area contributed by atoms with E-state index in [1.165, 1.54) is 37.7 Å². The zero-order chi connectivity index (χ0) is 20.8. The lowest BCUT2D eigenvalue weighted by Crippen LogP contribution is -2.37. The molecule has 0 bridgehead atoms. The first-order valence-corrected chi connectivity index (χ1v) is 11.2. The maximum atomic E-state index is 12.5. The molecule has 0 atom stereocenters. The highest BCUT2D eigenvalue weighted by molar-refractivity contribution is 6.31. The minimum atomic E-state index is -0.205. The molecule has 0 spiro atoms. The standard InChI is InChI=1S/C24H29ClN2O3/c25-20-8-11-23(27-12-14-29-15-13-27)22(16-20)26-24(28)17-30-21-9-6-19(7-10-21)18-4-2-1-3-5-18/h6-11,16,18H,1-5,12-15,17H2,(H,26,28). The first-order chi connectivity index (χ1) is 14.7. The summed E-state index contributed by atoms with van der Waals surface area (Å²) in [6, 6.07) is 13.8. The van der Waals surface area contributed by atoms with Crippen molar-refractivity contribution in [3.05, 3.63) is 53.1 Å². The highest BCUT2D eigenvalue weighted by atomic mass is 35.5. The van der Waals surface area contributed by atoms with Crippen LogP contribution in [0.2, 0.25) is 5.02 Å². The van der Waals surface area contributed by atoms with Gasteiger partial charge in [0.2, 0.25) is 0 Å². The SMILES string of the molecule is O=C(COc1ccc(C2CCCCC2)cc1)Nc1cc(Cl)ccc1N1CCOCC1. The monoisotopic (exact) mass is 428 g/mol. The van der Waals surface area contributed by atoms with Gasteiger partial charge >= 0.3 is 0 Å². The Bertz CT molecular complexity index is 844. The van der Waals surface area contributed by atoms with Crippen molar-refractivity contribution in [3.8, 4) is 5.75 Å². The van der Waals surface area contributed by atoms with Crippen molar-refractivity contribution in [2.75, 3.05) is 43.1 Å². The first kappa shape index (κ1) is 21.0. The molecule has 4 rings (SSSR count). The normalized spacial score (nSPS) is 17.6. The van der Waals surface area contributed by atoms with Crippen LogP contribution in [0.3, 0.4) is 0 Å². The van der Waals surface area contributed by atoms with Crippen LogP contribution in [0.4, 0.5) is 11.4 Å². The number of anilines is 2. The van der Waals surface area contributed by atoms with Crippen LogP contribution in [0.5, 0.6) is 5.75 Å². The molecule has 2 aromatic rings. The number of amides is 1. The molecule has 1 aliphatic carbocycles. The Morgan fingerprint density at radius 1 is 1.07 bits per heavy atom. The predicted octanol–water partition coefficient (Wildman–Crippen LogP) is 5.24. The van der Waals surface area contributed by atoms with Crippen LogP contribution in [-0.4, -0.2) is 38.8 Å². The molecule has 5 nitrogen and oxygen atoms in total. The number of halogens is 1. The van der Waals surface area contributed by atoms with Gasteiger partial charge in [-0.25, -0.2) is 0 Å². The van der Waals surface area contributed by atoms with Crippen molar-refractivity contribution < 1.29 is 14.3 Å². The summed E-state index contributed by atoms with van der Waals surface area (Å²) >= 11 is 6.17. The largest absolute Gasteiger partial charge is 0.484 e. The highest BCUT2D eigenvalue weighted by Gasteiger charge is 2.17. The van der Waals surface area contributed by atoms with E-state index in [1.54, 1.807) is 6.07 Å². The summed E-state index contributed by atoms with van der Waals surface area (Å²) in [6.07, 6.45) is 6.53. The highest BCUT2D eigenvalue weighted by Crippen LogP contribution is 2.33. The van der Waals surface area contributed by atoms with Crippen LogP contribution >= 0.6 is 11.6 Å². The van der Waals surface area contributed by atoms with Crippen LogP contribution in [0.1, 0.15) is 43.6 Å². The van der Waals surface area contributed by atoms with E-state index in [9.17, 15) is 4.79 Å². The van der Waals surface area contributed by atoms with Gasteiger partial charge in [-0.2, -0.15) is 0 Å². The molecule has 1 saturated carbocycles. The smallest absolute Gasteiger partial charge is 0.262 e. The van der Waals surface area contributed by atoms with E-state index in [-0.39, 0.29) is 12.5 Å². The van der Waals surface area contributed by atoms with Crippen molar-refractivity contribution in [3.63, 3.8) is 0 Å². The van der Waals surface area contributed by atoms with Crippen LogP contribution in [-0.2, 0) is 9.53 Å². The molecule has 2 aromatic carbocycles. The van der Waals surface area contributed by atoms with Crippen LogP contribution in [0.15, 0.2) is 42.5 Å². The number of hydrogen-bond acceptors (Lipinski definition) is 4. The number of nitrogens with zero attached hydrogens (tertiary/aromatic N) is 1. The number of hydrogen-bond donors (Lipinski definition) is 1. The number of ether oxygens (including phenoxy) is 2. The Balaban J connectivity index is 1.34. The Morgan fingerprint density at radius 2 is 1.80 bits per heavy atom. The van der Waals surface area contributed by atoms with E-state index in [0.29, 0.717) is 35.6 Å². The summed E-state index contributed by atoms with van der Waals surface area (Å²) in [6.45, 7) is 2.88. The Kier molecular flexibility index (Phi) is 7.13. The van der Waals surface area contributed by atoms with Crippen LogP contribution in [0.25, 0.3) is 0 Å². The number of benzene rings is 2. The van der Waals surface area contributed by atoms with E-state index >= 15 is 0 Å². The van der Waals surface area contributed by atoms with Gasteiger partial charge < -0.3 is 19.7 Å². The van der Waals surface area contributed by atoms with E-state index in [1.807, 2.05) is 24.3 Å². The molecular weight excluding hydrogens is 400 g/mol. The van der Waals surface area contributed by atoms with Gasteiger partial charge in [-0.15, -0.1) is 0 Å². The lowest BCUT2D eigenvalue weighted by molar-refractivity contribution is -0.118. The maximum absolute atomic E-state index is 12.5. The summed E-state index contributed by atoms with van der Waals surface area (Å²) in [4.78, 5) is 14.7. The molecule has 1 N–H and O–H groups in total. The number of nitrogens with one attached hydrogen (secondary N) is 1. The molecule has 30 heavy (non-hydrogen) atoms. The molecule has 1 amide bonds. The third-order valence-electron chi connectivity index (χ3n) is 5.91. The van der Waals surface area contributed by atoms with Gasteiger partial charge in [-0.05, 0) is 54.7 Å². The first-order valence-electron chi connectivity index (χ1n) is 10.8. The summed E-state index contributed by atoms with van der Waals surface area (Å²) in [5, 5.41) is 3.54. The molecule has 1 heterocycles. The molecular formula is C24H29ClN2O3. The topological polar surface area (TPSA) is 50.8 Å². The fourth-order valence-electron chi connectivity index (χ4n) is 4.30. The van der Waals surface area contributed by atoms with E-state index < -0.39 is 0 Å². The molecule has 2 fully saturated rings. The fourth-order valence-corrected chi connectivity index (χ4v) is 4.47. The summed E-state index contributed by atoms with van der Waals surface area (Å²) in [5.41, 5.74) is 3.03. The minimum Gasteiger partial charge on any atom is -0.484 e. The van der Waals surface area contributed by atoms with Crippen molar-refractivity contribution in [2.24, 2.45) is 0 Å². The molecule has 0 unspecified atom stereocenters. The van der Waals surface area contributed by atoms with Crippen LogP contribution < -0.4 is 15.0 Å². The number of carbonyl (C=O) groups is 1. The van der Waals surface area contributed by atoms with E-state index in [4.69, 9.17) is 21.1 Å². The van der Waals surface area contributed by atoms with Gasteiger partial charge in [0.15, 0.2) is 6.61 Å².